The molecule has 4 rings (SSSR count). The third kappa shape index (κ3) is 3.84. The molecule has 4 heterocycles. The summed E-state index contributed by atoms with van der Waals surface area (Å²) in [6, 6.07) is 13.4. The molecule has 0 atom stereocenters. The number of hydrogen-bond acceptors (Lipinski definition) is 6. The minimum absolute atomic E-state index is 0.133. The van der Waals surface area contributed by atoms with E-state index in [0.717, 1.165) is 21.0 Å². The molecule has 0 spiro atoms. The van der Waals surface area contributed by atoms with Crippen LogP contribution in [0.2, 0.25) is 0 Å². The maximum Gasteiger partial charge on any atom is 0.230 e. The zero-order valence-electron chi connectivity index (χ0n) is 13.6. The Hall–Kier alpha value is -2.90. The Bertz CT molecular complexity index is 947. The van der Waals surface area contributed by atoms with E-state index in [2.05, 4.69) is 20.3 Å². The number of anilines is 1. The van der Waals surface area contributed by atoms with E-state index in [1.807, 2.05) is 53.2 Å². The molecule has 7 heteroatoms. The maximum absolute atomic E-state index is 12.4. The molecule has 0 saturated carbocycles. The van der Waals surface area contributed by atoms with Crippen LogP contribution in [-0.4, -0.2) is 20.9 Å². The number of pyridine rings is 1. The minimum Gasteiger partial charge on any atom is -0.310 e. The number of rotatable bonds is 5. The molecule has 0 bridgehead atoms. The van der Waals surface area contributed by atoms with Gasteiger partial charge in [-0.1, -0.05) is 18.2 Å². The van der Waals surface area contributed by atoms with Crippen LogP contribution in [0.3, 0.4) is 0 Å². The van der Waals surface area contributed by atoms with E-state index in [-0.39, 0.29) is 12.3 Å². The van der Waals surface area contributed by atoms with Crippen LogP contribution >= 0.6 is 22.7 Å². The van der Waals surface area contributed by atoms with Crippen molar-refractivity contribution in [2.75, 3.05) is 5.32 Å². The highest BCUT2D eigenvalue weighted by Gasteiger charge is 2.12. The highest BCUT2D eigenvalue weighted by Crippen LogP contribution is 2.29. The average molecular weight is 378 g/mol. The lowest BCUT2D eigenvalue weighted by Gasteiger charge is -2.08. The molecule has 1 N–H and O–H groups in total. The Morgan fingerprint density at radius 3 is 2.50 bits per heavy atom. The molecule has 0 unspecified atom stereocenters. The van der Waals surface area contributed by atoms with Gasteiger partial charge in [-0.3, -0.25) is 9.78 Å². The van der Waals surface area contributed by atoms with E-state index >= 15 is 0 Å². The van der Waals surface area contributed by atoms with Crippen LogP contribution in [0.1, 0.15) is 5.56 Å². The topological polar surface area (TPSA) is 67.8 Å². The van der Waals surface area contributed by atoms with Gasteiger partial charge in [0.1, 0.15) is 5.82 Å². The number of nitrogens with one attached hydrogen (secondary N) is 1. The third-order valence-electron chi connectivity index (χ3n) is 3.60. The van der Waals surface area contributed by atoms with E-state index in [9.17, 15) is 4.79 Å². The van der Waals surface area contributed by atoms with Crippen LogP contribution in [0.5, 0.6) is 0 Å². The lowest BCUT2D eigenvalue weighted by Crippen LogP contribution is -2.16. The highest BCUT2D eigenvalue weighted by molar-refractivity contribution is 7.13. The van der Waals surface area contributed by atoms with Gasteiger partial charge in [-0.25, -0.2) is 9.97 Å². The van der Waals surface area contributed by atoms with Crippen LogP contribution in [0.4, 0.5) is 5.82 Å². The van der Waals surface area contributed by atoms with Gasteiger partial charge in [0, 0.05) is 18.5 Å². The number of aromatic nitrogens is 3. The maximum atomic E-state index is 12.4. The SMILES string of the molecule is O=C(Cc1cccnc1)Nc1cc(-c2cccs2)nc(-c2cccs2)n1. The zero-order chi connectivity index (χ0) is 17.8. The zero-order valence-corrected chi connectivity index (χ0v) is 15.3. The number of carbonyl (C=O) groups excluding carboxylic acids is 1. The van der Waals surface area contributed by atoms with Crippen molar-refractivity contribution < 1.29 is 4.79 Å². The van der Waals surface area contributed by atoms with E-state index in [1.165, 1.54) is 0 Å². The normalized spacial score (nSPS) is 10.6. The Labute approximate surface area is 158 Å². The average Bonchev–Trinajstić information content (AvgIpc) is 3.36. The summed E-state index contributed by atoms with van der Waals surface area (Å²) in [5.41, 5.74) is 1.66. The number of thiophene rings is 2. The molecular weight excluding hydrogens is 364 g/mol. The van der Waals surface area contributed by atoms with Gasteiger partial charge < -0.3 is 5.32 Å². The second-order valence-electron chi connectivity index (χ2n) is 5.50. The largest absolute Gasteiger partial charge is 0.310 e. The monoisotopic (exact) mass is 378 g/mol. The van der Waals surface area contributed by atoms with E-state index in [1.54, 1.807) is 35.1 Å². The summed E-state index contributed by atoms with van der Waals surface area (Å²) in [5, 5.41) is 6.87. The summed E-state index contributed by atoms with van der Waals surface area (Å²) < 4.78 is 0. The molecule has 0 aliphatic heterocycles. The second kappa shape index (κ2) is 7.55. The predicted molar refractivity (Wildman–Crippen MR) is 105 cm³/mol. The van der Waals surface area contributed by atoms with Gasteiger partial charge in [-0.05, 0) is 34.5 Å². The van der Waals surface area contributed by atoms with Gasteiger partial charge in [0.05, 0.1) is 21.9 Å². The van der Waals surface area contributed by atoms with Gasteiger partial charge in [0.2, 0.25) is 5.91 Å². The van der Waals surface area contributed by atoms with Crippen molar-refractivity contribution in [3.63, 3.8) is 0 Å². The van der Waals surface area contributed by atoms with Crippen LogP contribution in [-0.2, 0) is 11.2 Å². The van der Waals surface area contributed by atoms with Crippen LogP contribution in [0.15, 0.2) is 65.6 Å². The Morgan fingerprint density at radius 1 is 1.00 bits per heavy atom. The molecule has 0 radical (unpaired) electrons. The molecule has 0 saturated heterocycles. The summed E-state index contributed by atoms with van der Waals surface area (Å²) in [6.07, 6.45) is 3.63. The number of carbonyl (C=O) groups is 1. The predicted octanol–water partition coefficient (Wildman–Crippen LogP) is 4.51. The Balaban J connectivity index is 1.63. The van der Waals surface area contributed by atoms with Crippen molar-refractivity contribution in [2.24, 2.45) is 0 Å². The van der Waals surface area contributed by atoms with Crippen LogP contribution in [0.25, 0.3) is 21.3 Å². The molecule has 26 heavy (non-hydrogen) atoms. The molecule has 5 nitrogen and oxygen atoms in total. The molecule has 4 aromatic rings. The molecular formula is C19H14N4OS2. The van der Waals surface area contributed by atoms with Crippen molar-refractivity contribution in [1.82, 2.24) is 15.0 Å². The first-order chi connectivity index (χ1) is 12.8. The van der Waals surface area contributed by atoms with Gasteiger partial charge in [0.25, 0.3) is 0 Å². The summed E-state index contributed by atoms with van der Waals surface area (Å²) in [4.78, 5) is 27.6. The molecule has 0 aliphatic rings. The fourth-order valence-electron chi connectivity index (χ4n) is 2.45. The molecule has 4 aromatic heterocycles. The summed E-state index contributed by atoms with van der Waals surface area (Å²) in [6.45, 7) is 0. The molecule has 128 valence electrons. The molecule has 0 fully saturated rings. The first kappa shape index (κ1) is 16.6. The van der Waals surface area contributed by atoms with Crippen LogP contribution < -0.4 is 5.32 Å². The van der Waals surface area contributed by atoms with Gasteiger partial charge in [-0.15, -0.1) is 22.7 Å². The smallest absolute Gasteiger partial charge is 0.230 e. The number of nitrogens with zero attached hydrogens (tertiary/aromatic N) is 3. The van der Waals surface area contributed by atoms with Crippen molar-refractivity contribution >= 4 is 34.4 Å². The molecule has 0 aliphatic carbocycles. The van der Waals surface area contributed by atoms with Crippen molar-refractivity contribution in [1.29, 1.82) is 0 Å². The second-order valence-corrected chi connectivity index (χ2v) is 7.40. The quantitative estimate of drug-likeness (QED) is 0.555. The lowest BCUT2D eigenvalue weighted by atomic mass is 10.2. The Morgan fingerprint density at radius 2 is 1.81 bits per heavy atom. The van der Waals surface area contributed by atoms with Gasteiger partial charge in [-0.2, -0.15) is 0 Å². The number of amides is 1. The highest BCUT2D eigenvalue weighted by atomic mass is 32.1. The van der Waals surface area contributed by atoms with Crippen molar-refractivity contribution in [3.8, 4) is 21.3 Å². The molecule has 1 amide bonds. The summed E-state index contributed by atoms with van der Waals surface area (Å²) in [7, 11) is 0. The summed E-state index contributed by atoms with van der Waals surface area (Å²) in [5.74, 6) is 0.981. The van der Waals surface area contributed by atoms with E-state index in [0.29, 0.717) is 11.6 Å². The van der Waals surface area contributed by atoms with Crippen LogP contribution in [0, 0.1) is 0 Å². The first-order valence-electron chi connectivity index (χ1n) is 7.93. The standard InChI is InChI=1S/C19H14N4OS2/c24-18(10-13-4-1-7-20-12-13)22-17-11-14(15-5-2-8-25-15)21-19(23-17)16-6-3-9-26-16/h1-9,11-12H,10H2,(H,21,22,23,24). The third-order valence-corrected chi connectivity index (χ3v) is 5.35. The minimum atomic E-state index is -0.133. The van der Waals surface area contributed by atoms with Gasteiger partial charge in [0.15, 0.2) is 5.82 Å². The van der Waals surface area contributed by atoms with E-state index in [4.69, 9.17) is 0 Å². The lowest BCUT2D eigenvalue weighted by molar-refractivity contribution is -0.115. The van der Waals surface area contributed by atoms with E-state index < -0.39 is 0 Å². The Kier molecular flexibility index (Phi) is 4.81. The fourth-order valence-corrected chi connectivity index (χ4v) is 3.80. The molecule has 0 aromatic carbocycles. The first-order valence-corrected chi connectivity index (χ1v) is 9.69. The fraction of sp³-hybridized carbons (Fsp3) is 0.0526. The summed E-state index contributed by atoms with van der Waals surface area (Å²) >= 11 is 3.17. The van der Waals surface area contributed by atoms with Gasteiger partial charge >= 0.3 is 0 Å². The number of hydrogen-bond donors (Lipinski definition) is 1. The van der Waals surface area contributed by atoms with Crippen molar-refractivity contribution in [2.45, 2.75) is 6.42 Å². The van der Waals surface area contributed by atoms with Crippen molar-refractivity contribution in [3.05, 3.63) is 71.2 Å².